The summed E-state index contributed by atoms with van der Waals surface area (Å²) in [5, 5.41) is 13.5. The van der Waals surface area contributed by atoms with E-state index in [4.69, 9.17) is 4.74 Å². The predicted molar refractivity (Wildman–Crippen MR) is 120 cm³/mol. The number of hydrogen-bond acceptors (Lipinski definition) is 4. The van der Waals surface area contributed by atoms with Gasteiger partial charge in [-0.25, -0.2) is 0 Å². The number of benzene rings is 2. The van der Waals surface area contributed by atoms with Gasteiger partial charge in [0.15, 0.2) is 0 Å². The molecule has 5 heteroatoms. The SMILES string of the molecule is COc1ccc(C#Cc2ccc3c(c2)[C@@H]2[C@@H](CCN2C(=O)C2CCC2)[C@H](CO)N3)cc1. The molecule has 0 bridgehead atoms. The van der Waals surface area contributed by atoms with E-state index in [1.807, 2.05) is 36.4 Å². The van der Waals surface area contributed by atoms with Crippen molar-refractivity contribution in [3.63, 3.8) is 0 Å². The Balaban J connectivity index is 1.46. The van der Waals surface area contributed by atoms with Gasteiger partial charge in [-0.15, -0.1) is 0 Å². The van der Waals surface area contributed by atoms with Crippen LogP contribution in [0, 0.1) is 23.7 Å². The molecule has 1 saturated carbocycles. The average molecular weight is 417 g/mol. The molecule has 2 aliphatic heterocycles. The number of aliphatic hydroxyl groups is 1. The lowest BCUT2D eigenvalue weighted by Crippen LogP contribution is -2.45. The van der Waals surface area contributed by atoms with Gasteiger partial charge >= 0.3 is 0 Å². The molecule has 1 aliphatic carbocycles. The molecule has 0 spiro atoms. The molecule has 2 fully saturated rings. The molecule has 1 amide bonds. The van der Waals surface area contributed by atoms with E-state index in [1.54, 1.807) is 7.11 Å². The van der Waals surface area contributed by atoms with Crippen molar-refractivity contribution in [3.05, 3.63) is 59.2 Å². The van der Waals surface area contributed by atoms with Crippen molar-refractivity contribution in [3.8, 4) is 17.6 Å². The van der Waals surface area contributed by atoms with E-state index in [-0.39, 0.29) is 36.4 Å². The summed E-state index contributed by atoms with van der Waals surface area (Å²) in [4.78, 5) is 15.2. The maximum atomic E-state index is 13.1. The lowest BCUT2D eigenvalue weighted by Gasteiger charge is -2.41. The highest BCUT2D eigenvalue weighted by molar-refractivity contribution is 5.81. The third-order valence-corrected chi connectivity index (χ3v) is 7.05. The molecule has 2 aromatic carbocycles. The van der Waals surface area contributed by atoms with Crippen molar-refractivity contribution in [1.82, 2.24) is 4.90 Å². The van der Waals surface area contributed by atoms with Gasteiger partial charge in [0.1, 0.15) is 5.75 Å². The molecule has 5 rings (SSSR count). The molecule has 0 aromatic heterocycles. The lowest BCUT2D eigenvalue weighted by molar-refractivity contribution is -0.139. The number of amides is 1. The second kappa shape index (κ2) is 8.28. The molecule has 0 radical (unpaired) electrons. The molecule has 3 aliphatic rings. The first-order valence-electron chi connectivity index (χ1n) is 11.2. The van der Waals surface area contributed by atoms with Crippen molar-refractivity contribution in [2.24, 2.45) is 11.8 Å². The Kier molecular flexibility index (Phi) is 5.33. The van der Waals surface area contributed by atoms with Gasteiger partial charge in [0.25, 0.3) is 0 Å². The minimum Gasteiger partial charge on any atom is -0.497 e. The summed E-state index contributed by atoms with van der Waals surface area (Å²) in [5.41, 5.74) is 3.99. The second-order valence-electron chi connectivity index (χ2n) is 8.77. The molecule has 5 nitrogen and oxygen atoms in total. The van der Waals surface area contributed by atoms with Gasteiger partial charge < -0.3 is 20.1 Å². The Morgan fingerprint density at radius 3 is 2.55 bits per heavy atom. The van der Waals surface area contributed by atoms with E-state index in [0.717, 1.165) is 60.4 Å². The van der Waals surface area contributed by atoms with Crippen LogP contribution in [0.5, 0.6) is 5.75 Å². The van der Waals surface area contributed by atoms with Crippen LogP contribution in [-0.4, -0.2) is 42.2 Å². The number of fused-ring (bicyclic) bond motifs is 3. The van der Waals surface area contributed by atoms with E-state index in [1.165, 1.54) is 0 Å². The van der Waals surface area contributed by atoms with Crippen LogP contribution in [0.15, 0.2) is 42.5 Å². The fourth-order valence-corrected chi connectivity index (χ4v) is 5.10. The smallest absolute Gasteiger partial charge is 0.226 e. The van der Waals surface area contributed by atoms with Gasteiger partial charge in [-0.05, 0) is 67.3 Å². The average Bonchev–Trinajstić information content (AvgIpc) is 3.22. The van der Waals surface area contributed by atoms with Crippen LogP contribution >= 0.6 is 0 Å². The van der Waals surface area contributed by atoms with E-state index >= 15 is 0 Å². The molecule has 2 N–H and O–H groups in total. The zero-order chi connectivity index (χ0) is 21.4. The topological polar surface area (TPSA) is 61.8 Å². The number of aliphatic hydroxyl groups excluding tert-OH is 1. The molecule has 3 atom stereocenters. The number of hydrogen-bond donors (Lipinski definition) is 2. The number of nitrogens with zero attached hydrogens (tertiary/aromatic N) is 1. The van der Waals surface area contributed by atoms with E-state index in [0.29, 0.717) is 0 Å². The fourth-order valence-electron chi connectivity index (χ4n) is 5.10. The van der Waals surface area contributed by atoms with Gasteiger partial charge in [0.05, 0.1) is 25.8 Å². The summed E-state index contributed by atoms with van der Waals surface area (Å²) in [6.07, 6.45) is 4.09. The van der Waals surface area contributed by atoms with E-state index < -0.39 is 0 Å². The van der Waals surface area contributed by atoms with Crippen LogP contribution in [0.4, 0.5) is 5.69 Å². The van der Waals surface area contributed by atoms with Crippen molar-refractivity contribution in [1.29, 1.82) is 0 Å². The summed E-state index contributed by atoms with van der Waals surface area (Å²) in [5.74, 6) is 8.01. The number of likely N-dealkylation sites (tertiary alicyclic amines) is 1. The fraction of sp³-hybridized carbons (Fsp3) is 0.423. The molecule has 2 heterocycles. The summed E-state index contributed by atoms with van der Waals surface area (Å²) in [6, 6.07) is 13.9. The summed E-state index contributed by atoms with van der Waals surface area (Å²) >= 11 is 0. The number of nitrogens with one attached hydrogen (secondary N) is 1. The molecule has 1 saturated heterocycles. The molecular formula is C26H28N2O3. The molecule has 2 aromatic rings. The van der Waals surface area contributed by atoms with E-state index in [2.05, 4.69) is 28.1 Å². The maximum Gasteiger partial charge on any atom is 0.226 e. The Labute approximate surface area is 183 Å². The monoisotopic (exact) mass is 416 g/mol. The minimum absolute atomic E-state index is 0.0178. The standard InChI is InChI=1S/C26H28N2O3/c1-31-20-10-7-17(8-11-20)5-6-18-9-12-23-22(15-18)25-21(24(16-29)27-23)13-14-28(25)26(30)19-3-2-4-19/h7-12,15,19,21,24-25,27,29H,2-4,13-14,16H2,1H3/t21-,24-,25-/m0/s1. The van der Waals surface area contributed by atoms with Crippen LogP contribution in [-0.2, 0) is 4.79 Å². The van der Waals surface area contributed by atoms with Gasteiger partial charge in [-0.2, -0.15) is 0 Å². The third kappa shape index (κ3) is 3.66. The quantitative estimate of drug-likeness (QED) is 0.751. The van der Waals surface area contributed by atoms with Crippen molar-refractivity contribution < 1.29 is 14.6 Å². The number of ether oxygens (including phenoxy) is 1. The number of carbonyl (C=O) groups excluding carboxylic acids is 1. The van der Waals surface area contributed by atoms with Crippen molar-refractivity contribution >= 4 is 11.6 Å². The predicted octanol–water partition coefficient (Wildman–Crippen LogP) is 3.57. The zero-order valence-corrected chi connectivity index (χ0v) is 17.8. The Bertz CT molecular complexity index is 1030. The number of methoxy groups -OCH3 is 1. The summed E-state index contributed by atoms with van der Waals surface area (Å²) in [6.45, 7) is 0.842. The number of carbonyl (C=O) groups is 1. The van der Waals surface area contributed by atoms with Gasteiger partial charge in [0, 0.05) is 35.2 Å². The molecule has 31 heavy (non-hydrogen) atoms. The van der Waals surface area contributed by atoms with Crippen LogP contribution in [0.2, 0.25) is 0 Å². The molecule has 0 unspecified atom stereocenters. The molecule has 160 valence electrons. The maximum absolute atomic E-state index is 13.1. The first-order chi connectivity index (χ1) is 15.2. The second-order valence-corrected chi connectivity index (χ2v) is 8.77. The normalized spacial score (nSPS) is 24.2. The van der Waals surface area contributed by atoms with Gasteiger partial charge in [0.2, 0.25) is 5.91 Å². The van der Waals surface area contributed by atoms with Crippen LogP contribution < -0.4 is 10.1 Å². The minimum atomic E-state index is -0.0204. The summed E-state index contributed by atoms with van der Waals surface area (Å²) in [7, 11) is 1.65. The Hall–Kier alpha value is -2.97. The largest absolute Gasteiger partial charge is 0.497 e. The van der Waals surface area contributed by atoms with Gasteiger partial charge in [-0.3, -0.25) is 4.79 Å². The van der Waals surface area contributed by atoms with Crippen LogP contribution in [0.3, 0.4) is 0 Å². The van der Waals surface area contributed by atoms with E-state index in [9.17, 15) is 9.90 Å². The first-order valence-corrected chi connectivity index (χ1v) is 11.2. The Morgan fingerprint density at radius 1 is 1.13 bits per heavy atom. The first kappa shape index (κ1) is 20.0. The lowest BCUT2D eigenvalue weighted by atomic mass is 9.81. The van der Waals surface area contributed by atoms with Crippen LogP contribution in [0.25, 0.3) is 0 Å². The highest BCUT2D eigenvalue weighted by Crippen LogP contribution is 2.48. The third-order valence-electron chi connectivity index (χ3n) is 7.05. The van der Waals surface area contributed by atoms with Crippen LogP contribution in [0.1, 0.15) is 48.4 Å². The highest BCUT2D eigenvalue weighted by atomic mass is 16.5. The van der Waals surface area contributed by atoms with Crippen molar-refractivity contribution in [2.45, 2.75) is 37.8 Å². The Morgan fingerprint density at radius 2 is 1.87 bits per heavy atom. The summed E-state index contributed by atoms with van der Waals surface area (Å²) < 4.78 is 5.21. The highest BCUT2D eigenvalue weighted by Gasteiger charge is 2.47. The molecular weight excluding hydrogens is 388 g/mol. The number of anilines is 1. The number of rotatable bonds is 3. The zero-order valence-electron chi connectivity index (χ0n) is 17.8. The van der Waals surface area contributed by atoms with Gasteiger partial charge in [-0.1, -0.05) is 18.3 Å². The van der Waals surface area contributed by atoms with Crippen molar-refractivity contribution in [2.75, 3.05) is 25.6 Å².